The van der Waals surface area contributed by atoms with Crippen LogP contribution in [0.5, 0.6) is 0 Å². The van der Waals surface area contributed by atoms with Gasteiger partial charge in [0.25, 0.3) is 0 Å². The van der Waals surface area contributed by atoms with Crippen molar-refractivity contribution in [1.29, 1.82) is 0 Å². The molecule has 0 radical (unpaired) electrons. The van der Waals surface area contributed by atoms with Gasteiger partial charge in [0, 0.05) is 24.9 Å². The summed E-state index contributed by atoms with van der Waals surface area (Å²) in [4.78, 5) is 15.1. The minimum atomic E-state index is 0.000314. The van der Waals surface area contributed by atoms with Gasteiger partial charge < -0.3 is 14.1 Å². The van der Waals surface area contributed by atoms with E-state index in [4.69, 9.17) is 9.15 Å². The standard InChI is InChI=1S/C24H35NO3/c1-16-7-5-11-24(3)14-22-19(13-21(16)24)20(23(26)28-22)15-25(4)17(2)9-10-18-8-6-12-27-18/h6,8,12,17,19-22H,1,5,7,9-11,13-15H2,2-4H3/t17-,19-,20-,21+,22-,24-/m1/s1. The molecule has 0 aromatic carbocycles. The van der Waals surface area contributed by atoms with E-state index in [-0.39, 0.29) is 23.4 Å². The summed E-state index contributed by atoms with van der Waals surface area (Å²) < 4.78 is 11.4. The van der Waals surface area contributed by atoms with Gasteiger partial charge in [-0.05, 0) is 76.0 Å². The average Bonchev–Trinajstić information content (AvgIpc) is 3.26. The summed E-state index contributed by atoms with van der Waals surface area (Å²) in [5.41, 5.74) is 1.68. The van der Waals surface area contributed by atoms with Crippen molar-refractivity contribution in [1.82, 2.24) is 4.90 Å². The third-order valence-electron chi connectivity index (χ3n) is 7.95. The summed E-state index contributed by atoms with van der Waals surface area (Å²) in [6.07, 6.45) is 9.51. The molecule has 3 aliphatic rings. The van der Waals surface area contributed by atoms with Crippen LogP contribution in [-0.4, -0.2) is 36.6 Å². The molecule has 1 saturated heterocycles. The lowest BCUT2D eigenvalue weighted by Gasteiger charge is -2.50. The van der Waals surface area contributed by atoms with Crippen molar-refractivity contribution in [2.45, 2.75) is 70.9 Å². The number of hydrogen-bond donors (Lipinski definition) is 0. The quantitative estimate of drug-likeness (QED) is 0.519. The zero-order valence-corrected chi connectivity index (χ0v) is 17.7. The molecule has 1 aliphatic heterocycles. The number of ether oxygens (including phenoxy) is 1. The monoisotopic (exact) mass is 385 g/mol. The third kappa shape index (κ3) is 3.68. The van der Waals surface area contributed by atoms with Crippen LogP contribution in [0.15, 0.2) is 35.0 Å². The van der Waals surface area contributed by atoms with Gasteiger partial charge in [0.15, 0.2) is 0 Å². The Balaban J connectivity index is 1.39. The zero-order chi connectivity index (χ0) is 19.9. The fraction of sp³-hybridized carbons (Fsp3) is 0.708. The lowest BCUT2D eigenvalue weighted by Crippen LogP contribution is -2.46. The highest BCUT2D eigenvalue weighted by Gasteiger charge is 2.55. The summed E-state index contributed by atoms with van der Waals surface area (Å²) in [5, 5.41) is 0. The summed E-state index contributed by atoms with van der Waals surface area (Å²) in [6.45, 7) is 9.81. The normalized spacial score (nSPS) is 36.1. The molecule has 2 heterocycles. The first-order valence-corrected chi connectivity index (χ1v) is 11.0. The van der Waals surface area contributed by atoms with Gasteiger partial charge in [0.1, 0.15) is 11.9 Å². The van der Waals surface area contributed by atoms with Gasteiger partial charge in [-0.15, -0.1) is 0 Å². The Kier molecular flexibility index (Phi) is 5.43. The number of furan rings is 1. The van der Waals surface area contributed by atoms with E-state index in [2.05, 4.69) is 32.4 Å². The maximum absolute atomic E-state index is 12.7. The van der Waals surface area contributed by atoms with Crippen LogP contribution in [-0.2, 0) is 16.0 Å². The number of esters is 1. The van der Waals surface area contributed by atoms with Gasteiger partial charge in [-0.1, -0.05) is 19.1 Å². The number of allylic oxidation sites excluding steroid dienone is 1. The van der Waals surface area contributed by atoms with Crippen LogP contribution < -0.4 is 0 Å². The molecule has 1 aromatic rings. The number of rotatable bonds is 6. The van der Waals surface area contributed by atoms with Crippen molar-refractivity contribution in [2.24, 2.45) is 23.2 Å². The van der Waals surface area contributed by atoms with E-state index in [1.165, 1.54) is 18.4 Å². The summed E-state index contributed by atoms with van der Waals surface area (Å²) >= 11 is 0. The highest BCUT2D eigenvalue weighted by molar-refractivity contribution is 5.75. The predicted octanol–water partition coefficient (Wildman–Crippen LogP) is 4.85. The highest BCUT2D eigenvalue weighted by atomic mass is 16.6. The second-order valence-electron chi connectivity index (χ2n) is 9.81. The number of hydrogen-bond acceptors (Lipinski definition) is 4. The Labute approximate surface area is 169 Å². The average molecular weight is 386 g/mol. The van der Waals surface area contributed by atoms with E-state index < -0.39 is 0 Å². The molecule has 154 valence electrons. The fourth-order valence-corrected chi connectivity index (χ4v) is 5.98. The number of carbonyl (C=O) groups excluding carboxylic acids is 1. The number of aryl methyl sites for hydroxylation is 1. The lowest BCUT2D eigenvalue weighted by atomic mass is 9.55. The van der Waals surface area contributed by atoms with Crippen LogP contribution in [0.3, 0.4) is 0 Å². The fourth-order valence-electron chi connectivity index (χ4n) is 5.98. The lowest BCUT2D eigenvalue weighted by molar-refractivity contribution is -0.146. The molecule has 2 saturated carbocycles. The molecule has 1 aromatic heterocycles. The van der Waals surface area contributed by atoms with Crippen LogP contribution in [0.2, 0.25) is 0 Å². The Morgan fingerprint density at radius 1 is 1.43 bits per heavy atom. The molecule has 3 fully saturated rings. The van der Waals surface area contributed by atoms with Crippen molar-refractivity contribution in [3.63, 3.8) is 0 Å². The largest absolute Gasteiger partial charge is 0.469 e. The maximum atomic E-state index is 12.7. The van der Waals surface area contributed by atoms with E-state index in [9.17, 15) is 4.79 Å². The zero-order valence-electron chi connectivity index (χ0n) is 17.7. The van der Waals surface area contributed by atoms with Gasteiger partial charge >= 0.3 is 5.97 Å². The highest BCUT2D eigenvalue weighted by Crippen LogP contribution is 2.56. The molecule has 0 spiro atoms. The van der Waals surface area contributed by atoms with Crippen LogP contribution in [0.25, 0.3) is 0 Å². The minimum Gasteiger partial charge on any atom is -0.469 e. The van der Waals surface area contributed by atoms with Crippen LogP contribution in [0.1, 0.15) is 58.1 Å². The molecule has 4 heteroatoms. The van der Waals surface area contributed by atoms with Crippen molar-refractivity contribution >= 4 is 5.97 Å². The maximum Gasteiger partial charge on any atom is 0.310 e. The Morgan fingerprint density at radius 3 is 3.00 bits per heavy atom. The van der Waals surface area contributed by atoms with Crippen LogP contribution >= 0.6 is 0 Å². The van der Waals surface area contributed by atoms with Gasteiger partial charge in [-0.3, -0.25) is 4.79 Å². The van der Waals surface area contributed by atoms with E-state index in [1.54, 1.807) is 6.26 Å². The van der Waals surface area contributed by atoms with Crippen LogP contribution in [0, 0.1) is 23.2 Å². The van der Waals surface area contributed by atoms with E-state index in [0.717, 1.165) is 44.4 Å². The van der Waals surface area contributed by atoms with Crippen molar-refractivity contribution in [3.05, 3.63) is 36.3 Å². The second kappa shape index (κ2) is 7.70. The van der Waals surface area contributed by atoms with Gasteiger partial charge in [0.05, 0.1) is 12.2 Å². The summed E-state index contributed by atoms with van der Waals surface area (Å²) in [5.74, 6) is 1.96. The molecule has 4 nitrogen and oxygen atoms in total. The van der Waals surface area contributed by atoms with E-state index >= 15 is 0 Å². The molecule has 0 N–H and O–H groups in total. The topological polar surface area (TPSA) is 42.7 Å². The molecular formula is C24H35NO3. The number of fused-ring (bicyclic) bond motifs is 2. The van der Waals surface area contributed by atoms with E-state index in [0.29, 0.717) is 17.9 Å². The van der Waals surface area contributed by atoms with Gasteiger partial charge in [0.2, 0.25) is 0 Å². The predicted molar refractivity (Wildman–Crippen MR) is 110 cm³/mol. The minimum absolute atomic E-state index is 0.000314. The first kappa shape index (κ1) is 19.8. The first-order chi connectivity index (χ1) is 13.4. The SMILES string of the molecule is C=C1CCC[C@]2(C)C[C@H]3OC(=O)[C@H](CN(C)[C@H](C)CCc4ccco4)[C@H]3C[C@@H]12. The Morgan fingerprint density at radius 2 is 2.25 bits per heavy atom. The van der Waals surface area contributed by atoms with Crippen molar-refractivity contribution in [2.75, 3.05) is 13.6 Å². The first-order valence-electron chi connectivity index (χ1n) is 11.0. The Hall–Kier alpha value is -1.55. The molecule has 2 aliphatic carbocycles. The number of carbonyl (C=O) groups is 1. The Bertz CT molecular complexity index is 711. The van der Waals surface area contributed by atoms with Crippen LogP contribution in [0.4, 0.5) is 0 Å². The molecule has 4 rings (SSSR count). The summed E-state index contributed by atoms with van der Waals surface area (Å²) in [7, 11) is 2.14. The van der Waals surface area contributed by atoms with Crippen molar-refractivity contribution < 1.29 is 13.9 Å². The third-order valence-corrected chi connectivity index (χ3v) is 7.95. The molecule has 0 amide bonds. The van der Waals surface area contributed by atoms with Crippen molar-refractivity contribution in [3.8, 4) is 0 Å². The van der Waals surface area contributed by atoms with E-state index in [1.807, 2.05) is 12.1 Å². The van der Waals surface area contributed by atoms with Gasteiger partial charge in [-0.2, -0.15) is 0 Å². The molecule has 28 heavy (non-hydrogen) atoms. The second-order valence-corrected chi connectivity index (χ2v) is 9.81. The molecular weight excluding hydrogens is 350 g/mol. The molecule has 6 atom stereocenters. The number of nitrogens with zero attached hydrogens (tertiary/aromatic N) is 1. The summed E-state index contributed by atoms with van der Waals surface area (Å²) in [6, 6.07) is 4.37. The smallest absolute Gasteiger partial charge is 0.310 e. The van der Waals surface area contributed by atoms with Gasteiger partial charge in [-0.25, -0.2) is 0 Å². The molecule has 0 bridgehead atoms. The molecule has 0 unspecified atom stereocenters.